The van der Waals surface area contributed by atoms with Gasteiger partial charge in [0.25, 0.3) is 0 Å². The van der Waals surface area contributed by atoms with E-state index in [1.165, 1.54) is 5.56 Å². The highest BCUT2D eigenvalue weighted by atomic mass is 16.5. The van der Waals surface area contributed by atoms with Crippen LogP contribution in [0.1, 0.15) is 12.0 Å². The van der Waals surface area contributed by atoms with Crippen LogP contribution in [0.3, 0.4) is 0 Å². The van der Waals surface area contributed by atoms with Crippen molar-refractivity contribution >= 4 is 5.69 Å². The van der Waals surface area contributed by atoms with Crippen LogP contribution in [0.2, 0.25) is 0 Å². The first-order valence-corrected chi connectivity index (χ1v) is 6.70. The van der Waals surface area contributed by atoms with E-state index in [4.69, 9.17) is 4.74 Å². The summed E-state index contributed by atoms with van der Waals surface area (Å²) < 4.78 is 5.46. The first-order valence-electron chi connectivity index (χ1n) is 6.70. The van der Waals surface area contributed by atoms with Crippen molar-refractivity contribution in [3.8, 4) is 5.75 Å². The predicted octanol–water partition coefficient (Wildman–Crippen LogP) is 1.51. The van der Waals surface area contributed by atoms with Gasteiger partial charge in [-0.15, -0.1) is 0 Å². The summed E-state index contributed by atoms with van der Waals surface area (Å²) in [6.45, 7) is 4.05. The lowest BCUT2D eigenvalue weighted by atomic mass is 9.98. The Balaban J connectivity index is 2.28. The fourth-order valence-corrected chi connectivity index (χ4v) is 2.74. The normalized spacial score (nSPS) is 23.2. The van der Waals surface area contributed by atoms with Crippen molar-refractivity contribution in [1.82, 2.24) is 4.90 Å². The van der Waals surface area contributed by atoms with Gasteiger partial charge in [-0.2, -0.15) is 0 Å². The quantitative estimate of drug-likeness (QED) is 0.894. The molecule has 0 saturated carbocycles. The summed E-state index contributed by atoms with van der Waals surface area (Å²) in [6, 6.07) is 6.23. The second-order valence-corrected chi connectivity index (χ2v) is 5.62. The molecular weight excluding hydrogens is 240 g/mol. The lowest BCUT2D eigenvalue weighted by Crippen LogP contribution is -2.49. The van der Waals surface area contributed by atoms with Crippen molar-refractivity contribution in [3.63, 3.8) is 0 Å². The topological polar surface area (TPSA) is 35.9 Å². The Bertz CT molecular complexity index is 448. The first-order chi connectivity index (χ1) is 9.02. The molecule has 19 heavy (non-hydrogen) atoms. The Hall–Kier alpha value is -1.26. The zero-order valence-corrected chi connectivity index (χ0v) is 12.3. The number of methoxy groups -OCH3 is 1. The monoisotopic (exact) mass is 264 g/mol. The molecule has 2 rings (SSSR count). The van der Waals surface area contributed by atoms with Crippen LogP contribution in [-0.2, 0) is 0 Å². The molecular formula is C15H24N2O2. The number of likely N-dealkylation sites (N-methyl/N-ethyl adjacent to an activating group) is 1. The van der Waals surface area contributed by atoms with E-state index in [1.54, 1.807) is 7.11 Å². The number of nitrogens with zero attached hydrogens (tertiary/aromatic N) is 2. The molecule has 0 bridgehead atoms. The molecule has 0 aliphatic carbocycles. The van der Waals surface area contributed by atoms with E-state index in [0.29, 0.717) is 0 Å². The van der Waals surface area contributed by atoms with E-state index in [9.17, 15) is 5.11 Å². The fourth-order valence-electron chi connectivity index (χ4n) is 2.74. The maximum absolute atomic E-state index is 9.73. The Labute approximate surface area is 115 Å². The van der Waals surface area contributed by atoms with Crippen LogP contribution < -0.4 is 9.64 Å². The van der Waals surface area contributed by atoms with Gasteiger partial charge in [0.1, 0.15) is 5.75 Å². The predicted molar refractivity (Wildman–Crippen MR) is 78.1 cm³/mol. The van der Waals surface area contributed by atoms with Crippen molar-refractivity contribution in [2.45, 2.75) is 18.9 Å². The van der Waals surface area contributed by atoms with Gasteiger partial charge in [0.15, 0.2) is 0 Å². The second kappa shape index (κ2) is 5.39. The Morgan fingerprint density at radius 3 is 2.68 bits per heavy atom. The van der Waals surface area contributed by atoms with Crippen LogP contribution in [0, 0.1) is 6.92 Å². The minimum absolute atomic E-state index is 0.144. The van der Waals surface area contributed by atoms with Crippen molar-refractivity contribution in [1.29, 1.82) is 0 Å². The third kappa shape index (κ3) is 2.55. The molecule has 4 nitrogen and oxygen atoms in total. The third-order valence-corrected chi connectivity index (χ3v) is 4.25. The van der Waals surface area contributed by atoms with Gasteiger partial charge in [-0.05, 0) is 45.1 Å². The summed E-state index contributed by atoms with van der Waals surface area (Å²) in [5, 5.41) is 9.73. The van der Waals surface area contributed by atoms with E-state index < -0.39 is 0 Å². The van der Waals surface area contributed by atoms with Gasteiger partial charge < -0.3 is 14.7 Å². The highest BCUT2D eigenvalue weighted by Gasteiger charge is 2.40. The van der Waals surface area contributed by atoms with E-state index in [0.717, 1.165) is 30.9 Å². The zero-order chi connectivity index (χ0) is 14.0. The van der Waals surface area contributed by atoms with Gasteiger partial charge in [-0.3, -0.25) is 4.90 Å². The van der Waals surface area contributed by atoms with Crippen molar-refractivity contribution in [2.24, 2.45) is 0 Å². The molecule has 0 amide bonds. The Morgan fingerprint density at radius 1 is 1.42 bits per heavy atom. The van der Waals surface area contributed by atoms with Gasteiger partial charge >= 0.3 is 0 Å². The molecule has 0 radical (unpaired) electrons. The molecule has 106 valence electrons. The Morgan fingerprint density at radius 2 is 2.16 bits per heavy atom. The highest BCUT2D eigenvalue weighted by Crippen LogP contribution is 2.35. The lowest BCUT2D eigenvalue weighted by Gasteiger charge is -2.34. The third-order valence-electron chi connectivity index (χ3n) is 4.25. The summed E-state index contributed by atoms with van der Waals surface area (Å²) in [6.07, 6.45) is 0.966. The zero-order valence-electron chi connectivity index (χ0n) is 12.3. The van der Waals surface area contributed by atoms with Gasteiger partial charge in [0.05, 0.1) is 24.9 Å². The summed E-state index contributed by atoms with van der Waals surface area (Å²) in [5.74, 6) is 0.901. The maximum Gasteiger partial charge on any atom is 0.142 e. The van der Waals surface area contributed by atoms with E-state index >= 15 is 0 Å². The van der Waals surface area contributed by atoms with Crippen LogP contribution in [0.5, 0.6) is 5.75 Å². The first kappa shape index (κ1) is 14.2. The molecule has 1 atom stereocenters. The maximum atomic E-state index is 9.73. The number of ether oxygens (including phenoxy) is 1. The molecule has 1 saturated heterocycles. The summed E-state index contributed by atoms with van der Waals surface area (Å²) in [7, 11) is 5.77. The fraction of sp³-hybridized carbons (Fsp3) is 0.600. The summed E-state index contributed by atoms with van der Waals surface area (Å²) in [5.41, 5.74) is 2.20. The molecule has 1 aliphatic rings. The second-order valence-electron chi connectivity index (χ2n) is 5.62. The molecule has 1 unspecified atom stereocenters. The van der Waals surface area contributed by atoms with Crippen LogP contribution in [0.25, 0.3) is 0 Å². The lowest BCUT2D eigenvalue weighted by molar-refractivity contribution is 0.0866. The van der Waals surface area contributed by atoms with Crippen molar-refractivity contribution in [2.75, 3.05) is 45.8 Å². The SMILES string of the molecule is COc1ccc(C)cc1N1CCC(CO)(N(C)C)C1. The van der Waals surface area contributed by atoms with E-state index in [-0.39, 0.29) is 12.1 Å². The van der Waals surface area contributed by atoms with Gasteiger partial charge in [0, 0.05) is 13.1 Å². The molecule has 1 heterocycles. The van der Waals surface area contributed by atoms with Gasteiger partial charge in [0.2, 0.25) is 0 Å². The van der Waals surface area contributed by atoms with Crippen LogP contribution in [0.4, 0.5) is 5.69 Å². The molecule has 4 heteroatoms. The molecule has 1 aromatic carbocycles. The number of aliphatic hydroxyl groups excluding tert-OH is 1. The molecule has 0 aromatic heterocycles. The number of benzene rings is 1. The number of hydrogen-bond donors (Lipinski definition) is 1. The number of hydrogen-bond acceptors (Lipinski definition) is 4. The van der Waals surface area contributed by atoms with Crippen molar-refractivity contribution < 1.29 is 9.84 Å². The number of anilines is 1. The number of rotatable bonds is 4. The van der Waals surface area contributed by atoms with E-state index in [2.05, 4.69) is 28.9 Å². The van der Waals surface area contributed by atoms with Crippen LogP contribution >= 0.6 is 0 Å². The highest BCUT2D eigenvalue weighted by molar-refractivity contribution is 5.61. The summed E-state index contributed by atoms with van der Waals surface area (Å²) >= 11 is 0. The summed E-state index contributed by atoms with van der Waals surface area (Å²) in [4.78, 5) is 4.44. The standard InChI is InChI=1S/C15H24N2O2/c1-12-5-6-14(19-4)13(9-12)17-8-7-15(10-17,11-18)16(2)3/h5-6,9,18H,7-8,10-11H2,1-4H3. The molecule has 1 aromatic rings. The van der Waals surface area contributed by atoms with Gasteiger partial charge in [-0.1, -0.05) is 6.07 Å². The largest absolute Gasteiger partial charge is 0.495 e. The smallest absolute Gasteiger partial charge is 0.142 e. The van der Waals surface area contributed by atoms with Gasteiger partial charge in [-0.25, -0.2) is 0 Å². The average molecular weight is 264 g/mol. The van der Waals surface area contributed by atoms with Crippen molar-refractivity contribution in [3.05, 3.63) is 23.8 Å². The minimum atomic E-state index is -0.144. The minimum Gasteiger partial charge on any atom is -0.495 e. The van der Waals surface area contributed by atoms with E-state index in [1.807, 2.05) is 20.2 Å². The molecule has 1 fully saturated rings. The number of aliphatic hydroxyl groups is 1. The molecule has 1 N–H and O–H groups in total. The van der Waals surface area contributed by atoms with Crippen LogP contribution in [-0.4, -0.2) is 56.4 Å². The average Bonchev–Trinajstić information content (AvgIpc) is 2.84. The molecule has 0 spiro atoms. The Kier molecular flexibility index (Phi) is 4.02. The number of aryl methyl sites for hydroxylation is 1. The molecule has 1 aliphatic heterocycles. The van der Waals surface area contributed by atoms with Crippen LogP contribution in [0.15, 0.2) is 18.2 Å².